The van der Waals surface area contributed by atoms with Gasteiger partial charge in [-0.1, -0.05) is 6.07 Å². The SMILES string of the molecule is COc1ccc(CCCCNc2c(O)c(Br)cc(Br)c2C(=O)O)c(OC)c1. The number of hydrogen-bond acceptors (Lipinski definition) is 5. The van der Waals surface area contributed by atoms with Crippen LogP contribution < -0.4 is 14.8 Å². The number of carboxylic acids is 1. The molecular formula is C19H21Br2NO5. The van der Waals surface area contributed by atoms with E-state index in [9.17, 15) is 15.0 Å². The molecule has 0 aliphatic rings. The van der Waals surface area contributed by atoms with Crippen molar-refractivity contribution in [2.45, 2.75) is 19.3 Å². The fourth-order valence-corrected chi connectivity index (χ4v) is 4.03. The molecule has 8 heteroatoms. The normalized spacial score (nSPS) is 10.5. The van der Waals surface area contributed by atoms with Gasteiger partial charge in [0.05, 0.1) is 24.4 Å². The number of nitrogens with one attached hydrogen (secondary N) is 1. The van der Waals surface area contributed by atoms with Crippen molar-refractivity contribution in [2.75, 3.05) is 26.1 Å². The van der Waals surface area contributed by atoms with Gasteiger partial charge < -0.3 is 25.0 Å². The van der Waals surface area contributed by atoms with Crippen LogP contribution in [-0.2, 0) is 6.42 Å². The molecule has 0 fully saturated rings. The Labute approximate surface area is 174 Å². The minimum atomic E-state index is -1.12. The van der Waals surface area contributed by atoms with Crippen LogP contribution in [0.5, 0.6) is 17.2 Å². The maximum Gasteiger partial charge on any atom is 0.339 e. The fourth-order valence-electron chi connectivity index (χ4n) is 2.70. The number of carboxylic acid groups (broad SMARTS) is 1. The van der Waals surface area contributed by atoms with Gasteiger partial charge >= 0.3 is 5.97 Å². The maximum absolute atomic E-state index is 11.5. The number of aromatic hydroxyl groups is 1. The van der Waals surface area contributed by atoms with E-state index in [1.165, 1.54) is 6.07 Å². The Bertz CT molecular complexity index is 826. The van der Waals surface area contributed by atoms with Gasteiger partial charge in [-0.25, -0.2) is 4.79 Å². The van der Waals surface area contributed by atoms with Crippen LogP contribution in [0.1, 0.15) is 28.8 Å². The van der Waals surface area contributed by atoms with E-state index in [0.29, 0.717) is 15.5 Å². The molecule has 6 nitrogen and oxygen atoms in total. The topological polar surface area (TPSA) is 88.0 Å². The van der Waals surface area contributed by atoms with E-state index < -0.39 is 5.97 Å². The lowest BCUT2D eigenvalue weighted by atomic mass is 10.1. The molecule has 0 atom stereocenters. The largest absolute Gasteiger partial charge is 0.505 e. The summed E-state index contributed by atoms with van der Waals surface area (Å²) in [6, 6.07) is 7.24. The first-order valence-corrected chi connectivity index (χ1v) is 9.86. The number of aryl methyl sites for hydroxylation is 1. The summed E-state index contributed by atoms with van der Waals surface area (Å²) in [5.74, 6) is 0.292. The van der Waals surface area contributed by atoms with Crippen LogP contribution in [0.3, 0.4) is 0 Å². The number of benzene rings is 2. The van der Waals surface area contributed by atoms with Gasteiger partial charge in [-0.15, -0.1) is 0 Å². The van der Waals surface area contributed by atoms with Gasteiger partial charge in [-0.05, 0) is 68.8 Å². The highest BCUT2D eigenvalue weighted by Crippen LogP contribution is 2.39. The van der Waals surface area contributed by atoms with Crippen molar-refractivity contribution in [3.8, 4) is 17.2 Å². The number of anilines is 1. The van der Waals surface area contributed by atoms with Crippen molar-refractivity contribution in [2.24, 2.45) is 0 Å². The van der Waals surface area contributed by atoms with E-state index in [1.54, 1.807) is 14.2 Å². The van der Waals surface area contributed by atoms with Gasteiger partial charge in [-0.3, -0.25) is 0 Å². The molecule has 0 radical (unpaired) electrons. The highest BCUT2D eigenvalue weighted by Gasteiger charge is 2.20. The molecule has 0 saturated heterocycles. The molecule has 0 aliphatic carbocycles. The molecule has 0 saturated carbocycles. The van der Waals surface area contributed by atoms with E-state index in [0.717, 1.165) is 36.3 Å². The summed E-state index contributed by atoms with van der Waals surface area (Å²) in [6.45, 7) is 0.523. The van der Waals surface area contributed by atoms with Crippen LogP contribution in [0.15, 0.2) is 33.2 Å². The van der Waals surface area contributed by atoms with Crippen molar-refractivity contribution in [1.29, 1.82) is 0 Å². The number of methoxy groups -OCH3 is 2. The van der Waals surface area contributed by atoms with Crippen LogP contribution in [0, 0.1) is 0 Å². The second-order valence-corrected chi connectivity index (χ2v) is 7.51. The summed E-state index contributed by atoms with van der Waals surface area (Å²) in [5, 5.41) is 22.6. The van der Waals surface area contributed by atoms with E-state index in [-0.39, 0.29) is 17.0 Å². The van der Waals surface area contributed by atoms with Crippen LogP contribution in [0.2, 0.25) is 0 Å². The van der Waals surface area contributed by atoms with Crippen LogP contribution in [0.25, 0.3) is 0 Å². The molecule has 27 heavy (non-hydrogen) atoms. The fraction of sp³-hybridized carbons (Fsp3) is 0.316. The average molecular weight is 503 g/mol. The predicted octanol–water partition coefficient (Wildman–Crippen LogP) is 5.07. The second kappa shape index (κ2) is 9.85. The minimum absolute atomic E-state index is 0.00697. The Balaban J connectivity index is 1.98. The third-order valence-corrected chi connectivity index (χ3v) is 5.32. The Morgan fingerprint density at radius 1 is 1.11 bits per heavy atom. The maximum atomic E-state index is 11.5. The standard InChI is InChI=1S/C19H21Br2NO5/c1-26-12-7-6-11(15(9-12)27-2)5-3-4-8-22-17-16(19(24)25)13(20)10-14(21)18(17)23/h6-7,9-10,22-23H,3-5,8H2,1-2H3,(H,24,25). The molecule has 2 rings (SSSR count). The van der Waals surface area contributed by atoms with Crippen LogP contribution >= 0.6 is 31.9 Å². The van der Waals surface area contributed by atoms with Crippen LogP contribution in [0.4, 0.5) is 5.69 Å². The summed E-state index contributed by atoms with van der Waals surface area (Å²) in [6.07, 6.45) is 2.47. The molecule has 0 bridgehead atoms. The molecule has 0 heterocycles. The number of hydrogen-bond donors (Lipinski definition) is 3. The van der Waals surface area contributed by atoms with Gasteiger partial charge in [0.15, 0.2) is 5.75 Å². The van der Waals surface area contributed by atoms with Gasteiger partial charge in [0.25, 0.3) is 0 Å². The number of carbonyl (C=O) groups is 1. The van der Waals surface area contributed by atoms with Gasteiger partial charge in [0.2, 0.25) is 0 Å². The Morgan fingerprint density at radius 2 is 1.85 bits per heavy atom. The Morgan fingerprint density at radius 3 is 2.48 bits per heavy atom. The zero-order valence-corrected chi connectivity index (χ0v) is 18.2. The first kappa shape index (κ1) is 21.4. The average Bonchev–Trinajstić information content (AvgIpc) is 2.64. The smallest absolute Gasteiger partial charge is 0.339 e. The van der Waals surface area contributed by atoms with E-state index in [2.05, 4.69) is 37.2 Å². The number of ether oxygens (including phenoxy) is 2. The van der Waals surface area contributed by atoms with Crippen molar-refractivity contribution in [3.05, 3.63) is 44.3 Å². The molecule has 0 spiro atoms. The number of phenols is 1. The van der Waals surface area contributed by atoms with Gasteiger partial charge in [-0.2, -0.15) is 0 Å². The monoisotopic (exact) mass is 501 g/mol. The first-order valence-electron chi connectivity index (χ1n) is 8.28. The minimum Gasteiger partial charge on any atom is -0.505 e. The Kier molecular flexibility index (Phi) is 7.79. The van der Waals surface area contributed by atoms with Crippen molar-refractivity contribution < 1.29 is 24.5 Å². The molecule has 2 aromatic rings. The van der Waals surface area contributed by atoms with Crippen molar-refractivity contribution >= 4 is 43.5 Å². The molecule has 0 amide bonds. The third kappa shape index (κ3) is 5.29. The zero-order valence-electron chi connectivity index (χ0n) is 15.0. The summed E-state index contributed by atoms with van der Waals surface area (Å²) in [5.41, 5.74) is 1.29. The van der Waals surface area contributed by atoms with Crippen LogP contribution in [-0.4, -0.2) is 36.9 Å². The van der Waals surface area contributed by atoms with E-state index in [1.807, 2.05) is 18.2 Å². The Hall–Kier alpha value is -1.93. The predicted molar refractivity (Wildman–Crippen MR) is 111 cm³/mol. The second-order valence-electron chi connectivity index (χ2n) is 5.81. The lowest BCUT2D eigenvalue weighted by Crippen LogP contribution is -2.09. The number of halogens is 2. The first-order chi connectivity index (χ1) is 12.9. The van der Waals surface area contributed by atoms with E-state index in [4.69, 9.17) is 9.47 Å². The number of phenolic OH excluding ortho intramolecular Hbond substituents is 1. The summed E-state index contributed by atoms with van der Waals surface area (Å²) >= 11 is 6.45. The summed E-state index contributed by atoms with van der Waals surface area (Å²) in [7, 11) is 3.24. The quantitative estimate of drug-likeness (QED) is 0.328. The highest BCUT2D eigenvalue weighted by atomic mass is 79.9. The van der Waals surface area contributed by atoms with Crippen molar-refractivity contribution in [3.63, 3.8) is 0 Å². The molecule has 146 valence electrons. The molecule has 3 N–H and O–H groups in total. The van der Waals surface area contributed by atoms with Crippen molar-refractivity contribution in [1.82, 2.24) is 0 Å². The molecular weight excluding hydrogens is 482 g/mol. The van der Waals surface area contributed by atoms with E-state index >= 15 is 0 Å². The third-order valence-electron chi connectivity index (χ3n) is 4.09. The highest BCUT2D eigenvalue weighted by molar-refractivity contribution is 9.11. The summed E-state index contributed by atoms with van der Waals surface area (Å²) < 4.78 is 11.4. The van der Waals surface area contributed by atoms with Gasteiger partial charge in [0.1, 0.15) is 17.1 Å². The summed E-state index contributed by atoms with van der Waals surface area (Å²) in [4.78, 5) is 11.5. The molecule has 0 aromatic heterocycles. The molecule has 2 aromatic carbocycles. The molecule has 0 unspecified atom stereocenters. The lowest BCUT2D eigenvalue weighted by molar-refractivity contribution is 0.0696. The molecule has 0 aliphatic heterocycles. The lowest BCUT2D eigenvalue weighted by Gasteiger charge is -2.14. The zero-order chi connectivity index (χ0) is 20.0. The number of rotatable bonds is 9. The number of unbranched alkanes of at least 4 members (excludes halogenated alkanes) is 1. The number of aromatic carboxylic acids is 1. The van der Waals surface area contributed by atoms with Gasteiger partial charge in [0, 0.05) is 17.1 Å².